The number of nitrogens with one attached hydrogen (secondary N) is 2. The number of aromatic nitrogens is 2. The number of aliphatic imine (C=N–C) groups is 1. The van der Waals surface area contributed by atoms with Gasteiger partial charge in [0, 0.05) is 29.7 Å². The van der Waals surface area contributed by atoms with Crippen LogP contribution in [0.15, 0.2) is 59.0 Å². The fourth-order valence-corrected chi connectivity index (χ4v) is 3.35. The molecule has 2 aliphatic rings. The van der Waals surface area contributed by atoms with E-state index in [0.29, 0.717) is 33.5 Å². The van der Waals surface area contributed by atoms with Crippen LogP contribution in [-0.4, -0.2) is 26.1 Å². The van der Waals surface area contributed by atoms with Crippen LogP contribution >= 0.6 is 11.6 Å². The zero-order chi connectivity index (χ0) is 18.5. The molecule has 0 saturated carbocycles. The lowest BCUT2D eigenvalue weighted by Crippen LogP contribution is -2.46. The van der Waals surface area contributed by atoms with Crippen molar-refractivity contribution >= 4 is 40.3 Å². The molecule has 2 aromatic heterocycles. The molecule has 5 rings (SSSR count). The number of rotatable bonds is 2. The van der Waals surface area contributed by atoms with Gasteiger partial charge in [0.2, 0.25) is 5.84 Å². The van der Waals surface area contributed by atoms with Crippen LogP contribution in [-0.2, 0) is 0 Å². The summed E-state index contributed by atoms with van der Waals surface area (Å²) in [4.78, 5) is 8.74. The van der Waals surface area contributed by atoms with Crippen molar-refractivity contribution in [3.63, 3.8) is 0 Å². The van der Waals surface area contributed by atoms with Crippen molar-refractivity contribution in [1.29, 1.82) is 0 Å². The van der Waals surface area contributed by atoms with Crippen molar-refractivity contribution in [2.75, 3.05) is 0 Å². The summed E-state index contributed by atoms with van der Waals surface area (Å²) >= 11 is 6.41. The molecular formula is C17H12ClFN8. The van der Waals surface area contributed by atoms with Gasteiger partial charge in [-0.25, -0.2) is 24.9 Å². The van der Waals surface area contributed by atoms with Crippen LogP contribution in [0.25, 0.3) is 17.0 Å². The molecule has 0 atom stereocenters. The van der Waals surface area contributed by atoms with E-state index >= 15 is 0 Å². The number of hydrogen-bond donors (Lipinski definition) is 3. The lowest BCUT2D eigenvalue weighted by molar-refractivity contribution is 0.399. The molecule has 4 N–H and O–H groups in total. The first-order valence-corrected chi connectivity index (χ1v) is 8.35. The SMILES string of the molecule is NC1=NC(c2ccc(F)cc2)=C(c2cc(Cl)c3nccn3c2)N2NNN=C12. The predicted molar refractivity (Wildman–Crippen MR) is 101 cm³/mol. The third-order valence-corrected chi connectivity index (χ3v) is 4.56. The van der Waals surface area contributed by atoms with Gasteiger partial charge in [0.1, 0.15) is 5.82 Å². The van der Waals surface area contributed by atoms with Crippen molar-refractivity contribution in [1.82, 2.24) is 25.5 Å². The molecule has 134 valence electrons. The average molecular weight is 383 g/mol. The van der Waals surface area contributed by atoms with E-state index in [1.807, 2.05) is 10.6 Å². The Morgan fingerprint density at radius 2 is 1.96 bits per heavy atom. The van der Waals surface area contributed by atoms with Gasteiger partial charge in [-0.15, -0.1) is 10.6 Å². The predicted octanol–water partition coefficient (Wildman–Crippen LogP) is 1.96. The van der Waals surface area contributed by atoms with Crippen molar-refractivity contribution in [3.05, 3.63) is 70.9 Å². The number of hydrazone groups is 1. The summed E-state index contributed by atoms with van der Waals surface area (Å²) < 4.78 is 15.2. The van der Waals surface area contributed by atoms with Crippen LogP contribution in [0.4, 0.5) is 4.39 Å². The summed E-state index contributed by atoms with van der Waals surface area (Å²) in [6, 6.07) is 7.82. The Labute approximate surface area is 157 Å². The second kappa shape index (κ2) is 5.79. The number of fused-ring (bicyclic) bond motifs is 2. The summed E-state index contributed by atoms with van der Waals surface area (Å²) in [5, 5.41) is 6.27. The fourth-order valence-electron chi connectivity index (χ4n) is 3.09. The highest BCUT2D eigenvalue weighted by Gasteiger charge is 2.32. The van der Waals surface area contributed by atoms with Gasteiger partial charge in [-0.2, -0.15) is 0 Å². The number of imidazole rings is 1. The molecule has 0 spiro atoms. The Balaban J connectivity index is 1.80. The molecule has 4 heterocycles. The monoisotopic (exact) mass is 382 g/mol. The molecular weight excluding hydrogens is 371 g/mol. The van der Waals surface area contributed by atoms with E-state index in [1.165, 1.54) is 12.1 Å². The molecule has 1 aromatic carbocycles. The number of hydrazine groups is 2. The largest absolute Gasteiger partial charge is 0.380 e. The average Bonchev–Trinajstić information content (AvgIpc) is 3.32. The number of nitrogens with zero attached hydrogens (tertiary/aromatic N) is 5. The summed E-state index contributed by atoms with van der Waals surface area (Å²) in [6.45, 7) is 0. The van der Waals surface area contributed by atoms with Gasteiger partial charge in [0.15, 0.2) is 11.5 Å². The van der Waals surface area contributed by atoms with Gasteiger partial charge in [0.25, 0.3) is 0 Å². The lowest BCUT2D eigenvalue weighted by Gasteiger charge is -2.28. The molecule has 0 unspecified atom stereocenters. The molecule has 0 radical (unpaired) electrons. The number of nitrogens with two attached hydrogens (primary N) is 1. The Morgan fingerprint density at radius 1 is 1.15 bits per heavy atom. The summed E-state index contributed by atoms with van der Waals surface area (Å²) in [7, 11) is 0. The van der Waals surface area contributed by atoms with Crippen molar-refractivity contribution in [2.45, 2.75) is 0 Å². The summed E-state index contributed by atoms with van der Waals surface area (Å²) in [5.41, 5.74) is 15.0. The molecule has 27 heavy (non-hydrogen) atoms. The highest BCUT2D eigenvalue weighted by atomic mass is 35.5. The molecule has 3 aromatic rings. The van der Waals surface area contributed by atoms with Crippen molar-refractivity contribution in [3.8, 4) is 0 Å². The fraction of sp³-hybridized carbons (Fsp3) is 0. The number of benzene rings is 1. The first-order chi connectivity index (χ1) is 13.1. The maximum Gasteiger partial charge on any atom is 0.213 e. The van der Waals surface area contributed by atoms with Gasteiger partial charge < -0.3 is 10.1 Å². The van der Waals surface area contributed by atoms with E-state index in [-0.39, 0.29) is 11.7 Å². The molecule has 0 aliphatic carbocycles. The van der Waals surface area contributed by atoms with Crippen molar-refractivity contribution < 1.29 is 4.39 Å². The van der Waals surface area contributed by atoms with E-state index in [0.717, 1.165) is 5.56 Å². The minimum absolute atomic E-state index is 0.227. The van der Waals surface area contributed by atoms with E-state index in [9.17, 15) is 4.39 Å². The molecule has 0 saturated heterocycles. The third kappa shape index (κ3) is 2.44. The molecule has 0 bridgehead atoms. The maximum absolute atomic E-state index is 13.4. The van der Waals surface area contributed by atoms with E-state index in [2.05, 4.69) is 26.1 Å². The second-order valence-corrected chi connectivity index (χ2v) is 6.34. The highest BCUT2D eigenvalue weighted by Crippen LogP contribution is 2.35. The Kier molecular flexibility index (Phi) is 3.39. The maximum atomic E-state index is 13.4. The topological polar surface area (TPSA) is 95.3 Å². The second-order valence-electron chi connectivity index (χ2n) is 5.93. The molecule has 0 amide bonds. The number of amidine groups is 2. The van der Waals surface area contributed by atoms with E-state index < -0.39 is 0 Å². The smallest absolute Gasteiger partial charge is 0.213 e. The van der Waals surface area contributed by atoms with Gasteiger partial charge in [-0.3, -0.25) is 0 Å². The Morgan fingerprint density at radius 3 is 2.78 bits per heavy atom. The van der Waals surface area contributed by atoms with Crippen LogP contribution in [0.1, 0.15) is 11.1 Å². The van der Waals surface area contributed by atoms with Crippen LogP contribution in [0.5, 0.6) is 0 Å². The van der Waals surface area contributed by atoms with Gasteiger partial charge in [-0.05, 0) is 30.3 Å². The minimum atomic E-state index is -0.334. The molecule has 8 nitrogen and oxygen atoms in total. The van der Waals surface area contributed by atoms with Crippen LogP contribution in [0.3, 0.4) is 0 Å². The quantitative estimate of drug-likeness (QED) is 0.629. The summed E-state index contributed by atoms with van der Waals surface area (Å²) in [6.07, 6.45) is 5.34. The Hall–Kier alpha value is -3.43. The molecule has 0 fully saturated rings. The van der Waals surface area contributed by atoms with E-state index in [4.69, 9.17) is 17.3 Å². The first-order valence-electron chi connectivity index (χ1n) is 7.97. The van der Waals surface area contributed by atoms with Crippen LogP contribution in [0.2, 0.25) is 5.02 Å². The normalized spacial score (nSPS) is 16.3. The zero-order valence-corrected chi connectivity index (χ0v) is 14.4. The van der Waals surface area contributed by atoms with Crippen molar-refractivity contribution in [2.24, 2.45) is 15.8 Å². The molecule has 10 heteroatoms. The summed E-state index contributed by atoms with van der Waals surface area (Å²) in [5.74, 6) is 0.322. The minimum Gasteiger partial charge on any atom is -0.380 e. The zero-order valence-electron chi connectivity index (χ0n) is 13.7. The number of hydrogen-bond acceptors (Lipinski definition) is 7. The van der Waals surface area contributed by atoms with Crippen LogP contribution in [0, 0.1) is 5.82 Å². The van der Waals surface area contributed by atoms with E-state index in [1.54, 1.807) is 35.6 Å². The highest BCUT2D eigenvalue weighted by molar-refractivity contribution is 6.43. The number of halogens is 2. The van der Waals surface area contributed by atoms with Gasteiger partial charge in [0.05, 0.1) is 16.4 Å². The first kappa shape index (κ1) is 15.8. The van der Waals surface area contributed by atoms with Crippen LogP contribution < -0.4 is 16.8 Å². The third-order valence-electron chi connectivity index (χ3n) is 4.28. The number of pyridine rings is 1. The molecule has 2 aliphatic heterocycles. The van der Waals surface area contributed by atoms with Gasteiger partial charge in [-0.1, -0.05) is 11.6 Å². The standard InChI is InChI=1S/C17H12ClFN8/c18-12-7-10(8-26-6-5-21-16(12)26)14-13(9-1-3-11(19)4-2-9)22-15(20)17-23-24-25-27(14)17/h1-8,24-25H,(H2,20,22). The Bertz CT molecular complexity index is 1160. The lowest BCUT2D eigenvalue weighted by atomic mass is 10.0. The van der Waals surface area contributed by atoms with Gasteiger partial charge >= 0.3 is 0 Å².